The molecule has 2 rings (SSSR count). The Kier molecular flexibility index (Phi) is 7.25. The van der Waals surface area contributed by atoms with Gasteiger partial charge in [-0.3, -0.25) is 0 Å². The van der Waals surface area contributed by atoms with E-state index in [4.69, 9.17) is 4.74 Å². The first-order chi connectivity index (χ1) is 10.4. The fourth-order valence-electron chi connectivity index (χ4n) is 3.35. The number of benzene rings is 1. The second-order valence-electron chi connectivity index (χ2n) is 6.11. The Morgan fingerprint density at radius 1 is 1.14 bits per heavy atom. The van der Waals surface area contributed by atoms with Crippen LogP contribution in [0.4, 0.5) is 0 Å². The van der Waals surface area contributed by atoms with Crippen molar-refractivity contribution in [2.75, 3.05) is 13.2 Å². The molecule has 1 aromatic rings. The molecule has 2 nitrogen and oxygen atoms in total. The highest BCUT2D eigenvalue weighted by Crippen LogP contribution is 2.31. The monoisotopic (exact) mass is 289 g/mol. The third-order valence-corrected chi connectivity index (χ3v) is 4.48. The van der Waals surface area contributed by atoms with Gasteiger partial charge in [0.25, 0.3) is 0 Å². The zero-order valence-corrected chi connectivity index (χ0v) is 13.7. The SMILES string of the molecule is CCCCCCCC(NCC)C1OCCc2ccccc21. The van der Waals surface area contributed by atoms with Crippen molar-refractivity contribution < 1.29 is 4.74 Å². The molecule has 0 aromatic heterocycles. The maximum absolute atomic E-state index is 6.13. The number of likely N-dealkylation sites (N-methyl/N-ethyl adjacent to an activating group) is 1. The fourth-order valence-corrected chi connectivity index (χ4v) is 3.35. The van der Waals surface area contributed by atoms with E-state index in [0.717, 1.165) is 19.6 Å². The van der Waals surface area contributed by atoms with Crippen molar-refractivity contribution in [3.05, 3.63) is 35.4 Å². The van der Waals surface area contributed by atoms with E-state index in [1.54, 1.807) is 0 Å². The molecule has 1 heterocycles. The van der Waals surface area contributed by atoms with Crippen LogP contribution < -0.4 is 5.32 Å². The predicted molar refractivity (Wildman–Crippen MR) is 89.7 cm³/mol. The van der Waals surface area contributed by atoms with Gasteiger partial charge in [0, 0.05) is 6.04 Å². The molecule has 21 heavy (non-hydrogen) atoms. The van der Waals surface area contributed by atoms with Gasteiger partial charge >= 0.3 is 0 Å². The third kappa shape index (κ3) is 4.82. The van der Waals surface area contributed by atoms with E-state index < -0.39 is 0 Å². The minimum Gasteiger partial charge on any atom is -0.372 e. The summed E-state index contributed by atoms with van der Waals surface area (Å²) in [6, 6.07) is 9.26. The van der Waals surface area contributed by atoms with Gasteiger partial charge in [-0.25, -0.2) is 0 Å². The highest BCUT2D eigenvalue weighted by molar-refractivity contribution is 5.31. The highest BCUT2D eigenvalue weighted by atomic mass is 16.5. The molecular formula is C19H31NO. The number of unbranched alkanes of at least 4 members (excludes halogenated alkanes) is 4. The van der Waals surface area contributed by atoms with Crippen LogP contribution in [-0.4, -0.2) is 19.2 Å². The molecule has 2 unspecified atom stereocenters. The van der Waals surface area contributed by atoms with Gasteiger partial charge in [-0.15, -0.1) is 0 Å². The quantitative estimate of drug-likeness (QED) is 0.669. The van der Waals surface area contributed by atoms with Crippen molar-refractivity contribution in [1.29, 1.82) is 0 Å². The van der Waals surface area contributed by atoms with Gasteiger partial charge in [0.05, 0.1) is 12.7 Å². The Hall–Kier alpha value is -0.860. The highest BCUT2D eigenvalue weighted by Gasteiger charge is 2.27. The van der Waals surface area contributed by atoms with Gasteiger partial charge in [-0.2, -0.15) is 0 Å². The predicted octanol–water partition coefficient (Wildman–Crippen LogP) is 4.64. The first-order valence-corrected chi connectivity index (χ1v) is 8.79. The molecule has 0 saturated heterocycles. The van der Waals surface area contributed by atoms with Gasteiger partial charge in [0.15, 0.2) is 0 Å². The van der Waals surface area contributed by atoms with Crippen LogP contribution in [0, 0.1) is 0 Å². The standard InChI is InChI=1S/C19H31NO/c1-3-5-6-7-8-13-18(20-4-2)19-17-12-10-9-11-16(17)14-15-21-19/h9-12,18-20H,3-8,13-15H2,1-2H3. The first kappa shape index (κ1) is 16.5. The number of hydrogen-bond acceptors (Lipinski definition) is 2. The van der Waals surface area contributed by atoms with Crippen LogP contribution in [0.2, 0.25) is 0 Å². The molecule has 1 N–H and O–H groups in total. The molecule has 0 amide bonds. The van der Waals surface area contributed by atoms with Crippen molar-refractivity contribution in [2.45, 2.75) is 70.9 Å². The number of rotatable bonds is 9. The van der Waals surface area contributed by atoms with Crippen molar-refractivity contribution >= 4 is 0 Å². The average molecular weight is 289 g/mol. The molecule has 1 aromatic carbocycles. The van der Waals surface area contributed by atoms with E-state index in [9.17, 15) is 0 Å². The third-order valence-electron chi connectivity index (χ3n) is 4.48. The summed E-state index contributed by atoms with van der Waals surface area (Å²) in [6.45, 7) is 6.34. The zero-order valence-electron chi connectivity index (χ0n) is 13.7. The second kappa shape index (κ2) is 9.22. The number of nitrogens with one attached hydrogen (secondary N) is 1. The molecular weight excluding hydrogens is 258 g/mol. The van der Waals surface area contributed by atoms with E-state index in [0.29, 0.717) is 6.04 Å². The molecule has 0 fully saturated rings. The first-order valence-electron chi connectivity index (χ1n) is 8.79. The van der Waals surface area contributed by atoms with E-state index in [-0.39, 0.29) is 6.10 Å². The smallest absolute Gasteiger partial charge is 0.0980 e. The molecule has 1 aliphatic heterocycles. The van der Waals surface area contributed by atoms with Crippen LogP contribution in [0.15, 0.2) is 24.3 Å². The van der Waals surface area contributed by atoms with Crippen LogP contribution in [0.25, 0.3) is 0 Å². The lowest BCUT2D eigenvalue weighted by molar-refractivity contribution is 0.0130. The minimum absolute atomic E-state index is 0.237. The van der Waals surface area contributed by atoms with Crippen molar-refractivity contribution in [3.63, 3.8) is 0 Å². The van der Waals surface area contributed by atoms with Gasteiger partial charge in [-0.1, -0.05) is 70.2 Å². The Balaban J connectivity index is 1.95. The maximum atomic E-state index is 6.13. The lowest BCUT2D eigenvalue weighted by atomic mass is 9.90. The molecule has 0 spiro atoms. The van der Waals surface area contributed by atoms with Crippen molar-refractivity contribution in [1.82, 2.24) is 5.32 Å². The number of ether oxygens (including phenoxy) is 1. The topological polar surface area (TPSA) is 21.3 Å². The Labute approximate surface area is 130 Å². The van der Waals surface area contributed by atoms with Crippen molar-refractivity contribution in [2.24, 2.45) is 0 Å². The number of fused-ring (bicyclic) bond motifs is 1. The lowest BCUT2D eigenvalue weighted by Crippen LogP contribution is -2.38. The molecule has 2 heteroatoms. The molecule has 0 radical (unpaired) electrons. The van der Waals surface area contributed by atoms with E-state index in [1.165, 1.54) is 49.7 Å². The van der Waals surface area contributed by atoms with Crippen molar-refractivity contribution in [3.8, 4) is 0 Å². The molecule has 2 atom stereocenters. The second-order valence-corrected chi connectivity index (χ2v) is 6.11. The molecule has 0 bridgehead atoms. The summed E-state index contributed by atoms with van der Waals surface area (Å²) in [6.07, 6.45) is 9.23. The molecule has 0 saturated carbocycles. The van der Waals surface area contributed by atoms with E-state index >= 15 is 0 Å². The largest absolute Gasteiger partial charge is 0.372 e. The summed E-state index contributed by atoms with van der Waals surface area (Å²) in [5.41, 5.74) is 2.88. The molecule has 0 aliphatic carbocycles. The fraction of sp³-hybridized carbons (Fsp3) is 0.684. The average Bonchev–Trinajstić information content (AvgIpc) is 2.53. The Morgan fingerprint density at radius 2 is 1.95 bits per heavy atom. The lowest BCUT2D eigenvalue weighted by Gasteiger charge is -2.33. The number of hydrogen-bond donors (Lipinski definition) is 1. The van der Waals surface area contributed by atoms with Crippen LogP contribution in [-0.2, 0) is 11.2 Å². The summed E-state index contributed by atoms with van der Waals surface area (Å²) < 4.78 is 6.13. The van der Waals surface area contributed by atoms with Gasteiger partial charge in [-0.05, 0) is 30.5 Å². The Morgan fingerprint density at radius 3 is 2.76 bits per heavy atom. The zero-order chi connectivity index (χ0) is 14.9. The van der Waals surface area contributed by atoms with Crippen LogP contribution >= 0.6 is 0 Å². The van der Waals surface area contributed by atoms with Gasteiger partial charge in [0.1, 0.15) is 0 Å². The summed E-state index contributed by atoms with van der Waals surface area (Å²) in [7, 11) is 0. The van der Waals surface area contributed by atoms with E-state index in [2.05, 4.69) is 43.4 Å². The Bertz CT molecular complexity index is 404. The maximum Gasteiger partial charge on any atom is 0.0980 e. The minimum atomic E-state index is 0.237. The van der Waals surface area contributed by atoms with Crippen LogP contribution in [0.5, 0.6) is 0 Å². The molecule has 118 valence electrons. The van der Waals surface area contributed by atoms with Crippen LogP contribution in [0.1, 0.15) is 69.6 Å². The summed E-state index contributed by atoms with van der Waals surface area (Å²) in [5.74, 6) is 0. The summed E-state index contributed by atoms with van der Waals surface area (Å²) in [5, 5.41) is 3.66. The normalized spacial score (nSPS) is 19.2. The van der Waals surface area contributed by atoms with Crippen LogP contribution in [0.3, 0.4) is 0 Å². The summed E-state index contributed by atoms with van der Waals surface area (Å²) >= 11 is 0. The van der Waals surface area contributed by atoms with E-state index in [1.807, 2.05) is 0 Å². The van der Waals surface area contributed by atoms with Gasteiger partial charge in [0.2, 0.25) is 0 Å². The molecule has 1 aliphatic rings. The van der Waals surface area contributed by atoms with Gasteiger partial charge < -0.3 is 10.1 Å². The summed E-state index contributed by atoms with van der Waals surface area (Å²) in [4.78, 5) is 0.